The summed E-state index contributed by atoms with van der Waals surface area (Å²) in [6, 6.07) is 0.381. The Morgan fingerprint density at radius 1 is 1.14 bits per heavy atom. The summed E-state index contributed by atoms with van der Waals surface area (Å²) in [5.41, 5.74) is 2.11. The van der Waals surface area contributed by atoms with E-state index < -0.39 is 0 Å². The van der Waals surface area contributed by atoms with Gasteiger partial charge in [-0.2, -0.15) is 0 Å². The molecule has 1 heterocycles. The van der Waals surface area contributed by atoms with Crippen LogP contribution in [0.3, 0.4) is 0 Å². The summed E-state index contributed by atoms with van der Waals surface area (Å²) in [4.78, 5) is 12.8. The van der Waals surface area contributed by atoms with Crippen molar-refractivity contribution in [3.8, 4) is 0 Å². The Balaban J connectivity index is 1.34. The van der Waals surface area contributed by atoms with E-state index in [2.05, 4.69) is 30.6 Å². The van der Waals surface area contributed by atoms with Gasteiger partial charge >= 0.3 is 0 Å². The minimum atomic E-state index is -0.125. The molecule has 0 bridgehead atoms. The fourth-order valence-electron chi connectivity index (χ4n) is 8.06. The lowest BCUT2D eigenvalue weighted by molar-refractivity contribution is -0.125. The number of hydrogen-bond donors (Lipinski definition) is 3. The number of fused-ring (bicyclic) bond motifs is 5. The minimum absolute atomic E-state index is 0.0340. The molecule has 5 aliphatic rings. The molecular formula is C24H38N2O2. The molecule has 0 aromatic rings. The van der Waals surface area contributed by atoms with Crippen LogP contribution in [0.1, 0.15) is 78.1 Å². The first kappa shape index (κ1) is 19.1. The van der Waals surface area contributed by atoms with E-state index in [1.54, 1.807) is 5.57 Å². The number of carbonyl (C=O) groups excluding carboxylic acids is 1. The van der Waals surface area contributed by atoms with Crippen LogP contribution in [-0.2, 0) is 4.79 Å². The third kappa shape index (κ3) is 2.81. The SMILES string of the molecule is CC12CCC(O)CC1=CCC1C2CCC2(C)C(NC(=O)C3CCCN3)CCC12. The molecule has 156 valence electrons. The van der Waals surface area contributed by atoms with Crippen LogP contribution in [-0.4, -0.2) is 35.7 Å². The fourth-order valence-corrected chi connectivity index (χ4v) is 8.06. The van der Waals surface area contributed by atoms with Crippen molar-refractivity contribution in [2.24, 2.45) is 28.6 Å². The van der Waals surface area contributed by atoms with Gasteiger partial charge in [-0.05, 0) is 99.3 Å². The van der Waals surface area contributed by atoms with Gasteiger partial charge in [0.1, 0.15) is 0 Å². The molecule has 4 aliphatic carbocycles. The zero-order chi connectivity index (χ0) is 19.5. The van der Waals surface area contributed by atoms with Crippen molar-refractivity contribution in [2.45, 2.75) is 96.2 Å². The Morgan fingerprint density at radius 3 is 2.79 bits per heavy atom. The molecule has 1 amide bonds. The topological polar surface area (TPSA) is 61.4 Å². The fraction of sp³-hybridized carbons (Fsp3) is 0.875. The van der Waals surface area contributed by atoms with Gasteiger partial charge < -0.3 is 15.7 Å². The molecule has 3 saturated carbocycles. The van der Waals surface area contributed by atoms with Crippen molar-refractivity contribution in [3.63, 3.8) is 0 Å². The van der Waals surface area contributed by atoms with Gasteiger partial charge in [-0.25, -0.2) is 0 Å². The number of allylic oxidation sites excluding steroid dienone is 1. The smallest absolute Gasteiger partial charge is 0.237 e. The van der Waals surface area contributed by atoms with Crippen molar-refractivity contribution in [2.75, 3.05) is 6.54 Å². The first-order valence-electron chi connectivity index (χ1n) is 11.8. The quantitative estimate of drug-likeness (QED) is 0.636. The number of nitrogens with one attached hydrogen (secondary N) is 2. The maximum Gasteiger partial charge on any atom is 0.237 e. The molecule has 4 fully saturated rings. The largest absolute Gasteiger partial charge is 0.393 e. The standard InChI is InChI=1S/C24H38N2O2/c1-23-11-9-16(27)14-15(23)5-6-17-18-7-8-21(24(18,2)12-10-19(17)23)26-22(28)20-4-3-13-25-20/h5,16-21,25,27H,3-4,6-14H2,1-2H3,(H,26,28). The minimum Gasteiger partial charge on any atom is -0.393 e. The van der Waals surface area contributed by atoms with E-state index in [0.717, 1.165) is 62.8 Å². The predicted molar refractivity (Wildman–Crippen MR) is 111 cm³/mol. The van der Waals surface area contributed by atoms with Crippen LogP contribution in [0.25, 0.3) is 0 Å². The van der Waals surface area contributed by atoms with Crippen LogP contribution in [0.5, 0.6) is 0 Å². The van der Waals surface area contributed by atoms with Crippen LogP contribution < -0.4 is 10.6 Å². The Kier molecular flexibility index (Phi) is 4.67. The van der Waals surface area contributed by atoms with Gasteiger partial charge in [0.15, 0.2) is 0 Å². The van der Waals surface area contributed by atoms with Gasteiger partial charge in [-0.1, -0.05) is 25.5 Å². The molecule has 8 atom stereocenters. The highest BCUT2D eigenvalue weighted by Crippen LogP contribution is 2.64. The summed E-state index contributed by atoms with van der Waals surface area (Å²) in [6.45, 7) is 5.94. The van der Waals surface area contributed by atoms with Gasteiger partial charge in [0.2, 0.25) is 5.91 Å². The molecule has 8 unspecified atom stereocenters. The number of rotatable bonds is 2. The zero-order valence-corrected chi connectivity index (χ0v) is 17.7. The Morgan fingerprint density at radius 2 is 2.00 bits per heavy atom. The second-order valence-corrected chi connectivity index (χ2v) is 11.0. The highest BCUT2D eigenvalue weighted by molar-refractivity contribution is 5.82. The van der Waals surface area contributed by atoms with E-state index in [-0.39, 0.29) is 23.5 Å². The summed E-state index contributed by atoms with van der Waals surface area (Å²) >= 11 is 0. The lowest BCUT2D eigenvalue weighted by Crippen LogP contribution is -2.55. The van der Waals surface area contributed by atoms with E-state index in [1.165, 1.54) is 25.7 Å². The van der Waals surface area contributed by atoms with Gasteiger partial charge in [-0.15, -0.1) is 0 Å². The molecule has 1 aliphatic heterocycles. The molecule has 4 nitrogen and oxygen atoms in total. The lowest BCUT2D eigenvalue weighted by atomic mass is 9.48. The van der Waals surface area contributed by atoms with Crippen LogP contribution in [0.15, 0.2) is 11.6 Å². The van der Waals surface area contributed by atoms with Gasteiger partial charge in [0.05, 0.1) is 12.1 Å². The number of amides is 1. The molecule has 5 rings (SSSR count). The highest BCUT2D eigenvalue weighted by atomic mass is 16.3. The normalized spacial score (nSPS) is 50.3. The van der Waals surface area contributed by atoms with Crippen molar-refractivity contribution >= 4 is 5.91 Å². The molecule has 28 heavy (non-hydrogen) atoms. The molecule has 1 saturated heterocycles. The molecular weight excluding hydrogens is 348 g/mol. The molecule has 0 aromatic heterocycles. The summed E-state index contributed by atoms with van der Waals surface area (Å²) in [7, 11) is 0. The molecule has 0 radical (unpaired) electrons. The van der Waals surface area contributed by atoms with Crippen LogP contribution in [0, 0.1) is 28.6 Å². The van der Waals surface area contributed by atoms with Crippen LogP contribution in [0.2, 0.25) is 0 Å². The first-order chi connectivity index (χ1) is 13.4. The van der Waals surface area contributed by atoms with Crippen LogP contribution >= 0.6 is 0 Å². The molecule has 4 heteroatoms. The Hall–Kier alpha value is -0.870. The molecule has 0 spiro atoms. The van der Waals surface area contributed by atoms with Gasteiger partial charge in [0.25, 0.3) is 0 Å². The Bertz CT molecular complexity index is 670. The van der Waals surface area contributed by atoms with Crippen molar-refractivity contribution in [1.82, 2.24) is 10.6 Å². The predicted octanol–water partition coefficient (Wildman–Crippen LogP) is 3.55. The summed E-state index contributed by atoms with van der Waals surface area (Å²) in [5, 5.41) is 17.0. The van der Waals surface area contributed by atoms with E-state index in [1.807, 2.05) is 0 Å². The molecule has 3 N–H and O–H groups in total. The lowest BCUT2D eigenvalue weighted by Gasteiger charge is -2.58. The number of hydrogen-bond acceptors (Lipinski definition) is 3. The first-order valence-corrected chi connectivity index (χ1v) is 11.8. The van der Waals surface area contributed by atoms with E-state index in [9.17, 15) is 9.90 Å². The number of aliphatic hydroxyl groups excluding tert-OH is 1. The second kappa shape index (κ2) is 6.84. The summed E-state index contributed by atoms with van der Waals surface area (Å²) in [6.07, 6.45) is 13.6. The maximum atomic E-state index is 12.8. The van der Waals surface area contributed by atoms with Crippen molar-refractivity contribution in [3.05, 3.63) is 11.6 Å². The third-order valence-electron chi connectivity index (χ3n) is 9.77. The average molecular weight is 387 g/mol. The van der Waals surface area contributed by atoms with Crippen molar-refractivity contribution < 1.29 is 9.90 Å². The Labute approximate surface area is 169 Å². The van der Waals surface area contributed by atoms with Gasteiger partial charge in [0, 0.05) is 6.04 Å². The van der Waals surface area contributed by atoms with Gasteiger partial charge in [-0.3, -0.25) is 4.79 Å². The monoisotopic (exact) mass is 386 g/mol. The third-order valence-corrected chi connectivity index (χ3v) is 9.77. The summed E-state index contributed by atoms with van der Waals surface area (Å²) in [5.74, 6) is 2.50. The average Bonchev–Trinajstić information content (AvgIpc) is 3.31. The zero-order valence-electron chi connectivity index (χ0n) is 17.7. The second-order valence-electron chi connectivity index (χ2n) is 11.0. The highest BCUT2D eigenvalue weighted by Gasteiger charge is 2.58. The van der Waals surface area contributed by atoms with Crippen molar-refractivity contribution in [1.29, 1.82) is 0 Å². The van der Waals surface area contributed by atoms with E-state index in [4.69, 9.17) is 0 Å². The molecule has 0 aromatic carbocycles. The van der Waals surface area contributed by atoms with Crippen LogP contribution in [0.4, 0.5) is 0 Å². The van der Waals surface area contributed by atoms with E-state index in [0.29, 0.717) is 11.5 Å². The van der Waals surface area contributed by atoms with E-state index >= 15 is 0 Å². The number of aliphatic hydroxyl groups is 1. The number of carbonyl (C=O) groups is 1. The maximum absolute atomic E-state index is 12.8. The summed E-state index contributed by atoms with van der Waals surface area (Å²) < 4.78 is 0.